The predicted molar refractivity (Wildman–Crippen MR) is 72.6 cm³/mol. The number of halogens is 2. The smallest absolute Gasteiger partial charge is 0.128 e. The van der Waals surface area contributed by atoms with Gasteiger partial charge in [-0.3, -0.25) is 4.68 Å². The van der Waals surface area contributed by atoms with Crippen LogP contribution in [-0.4, -0.2) is 9.78 Å². The minimum absolute atomic E-state index is 0.291. The standard InChI is InChI=1S/C13H15BrFN3/c1-2-7-18-13(10(14)8-17-18)12(16)9-5-3-4-6-11(9)15/h3-6,8,12H,2,7,16H2,1H3. The van der Waals surface area contributed by atoms with Gasteiger partial charge in [-0.05, 0) is 28.4 Å². The monoisotopic (exact) mass is 311 g/mol. The Morgan fingerprint density at radius 3 is 2.83 bits per heavy atom. The van der Waals surface area contributed by atoms with Gasteiger partial charge in [0, 0.05) is 12.1 Å². The lowest BCUT2D eigenvalue weighted by Crippen LogP contribution is -2.19. The van der Waals surface area contributed by atoms with Gasteiger partial charge in [0.15, 0.2) is 0 Å². The fourth-order valence-electron chi connectivity index (χ4n) is 1.95. The molecule has 2 N–H and O–H groups in total. The second-order valence-electron chi connectivity index (χ2n) is 4.10. The summed E-state index contributed by atoms with van der Waals surface area (Å²) in [6, 6.07) is 6.05. The summed E-state index contributed by atoms with van der Waals surface area (Å²) in [7, 11) is 0. The number of nitrogens with two attached hydrogens (primary N) is 1. The zero-order valence-electron chi connectivity index (χ0n) is 10.1. The molecule has 0 aliphatic carbocycles. The maximum atomic E-state index is 13.8. The number of nitrogens with zero attached hydrogens (tertiary/aromatic N) is 2. The quantitative estimate of drug-likeness (QED) is 0.942. The molecule has 0 amide bonds. The van der Waals surface area contributed by atoms with E-state index in [-0.39, 0.29) is 5.82 Å². The molecule has 1 aromatic carbocycles. The van der Waals surface area contributed by atoms with E-state index in [0.29, 0.717) is 5.56 Å². The van der Waals surface area contributed by atoms with E-state index in [2.05, 4.69) is 28.0 Å². The van der Waals surface area contributed by atoms with Crippen LogP contribution in [0.25, 0.3) is 0 Å². The summed E-state index contributed by atoms with van der Waals surface area (Å²) in [6.45, 7) is 2.83. The molecule has 1 atom stereocenters. The predicted octanol–water partition coefficient (Wildman–Crippen LogP) is 3.24. The Morgan fingerprint density at radius 2 is 2.17 bits per heavy atom. The third kappa shape index (κ3) is 2.47. The molecule has 0 fully saturated rings. The highest BCUT2D eigenvalue weighted by Crippen LogP contribution is 2.28. The van der Waals surface area contributed by atoms with Gasteiger partial charge in [-0.25, -0.2) is 4.39 Å². The van der Waals surface area contributed by atoms with Crippen molar-refractivity contribution in [3.63, 3.8) is 0 Å². The SMILES string of the molecule is CCCn1ncc(Br)c1C(N)c1ccccc1F. The van der Waals surface area contributed by atoms with Gasteiger partial charge in [-0.1, -0.05) is 25.1 Å². The molecule has 2 aromatic rings. The topological polar surface area (TPSA) is 43.8 Å². The number of rotatable bonds is 4. The lowest BCUT2D eigenvalue weighted by Gasteiger charge is -2.15. The highest BCUT2D eigenvalue weighted by atomic mass is 79.9. The second-order valence-corrected chi connectivity index (χ2v) is 4.95. The molecular weight excluding hydrogens is 297 g/mol. The molecule has 3 nitrogen and oxygen atoms in total. The summed E-state index contributed by atoms with van der Waals surface area (Å²) in [6.07, 6.45) is 2.65. The summed E-state index contributed by atoms with van der Waals surface area (Å²) in [5, 5.41) is 4.25. The number of benzene rings is 1. The van der Waals surface area contributed by atoms with Crippen LogP contribution < -0.4 is 5.73 Å². The van der Waals surface area contributed by atoms with Crippen molar-refractivity contribution in [2.24, 2.45) is 5.73 Å². The first-order valence-electron chi connectivity index (χ1n) is 5.86. The lowest BCUT2D eigenvalue weighted by atomic mass is 10.0. The van der Waals surface area contributed by atoms with Crippen LogP contribution in [-0.2, 0) is 6.54 Å². The molecule has 0 spiro atoms. The van der Waals surface area contributed by atoms with Gasteiger partial charge >= 0.3 is 0 Å². The number of aromatic nitrogens is 2. The average molecular weight is 312 g/mol. The zero-order valence-corrected chi connectivity index (χ0v) is 11.7. The molecule has 96 valence electrons. The molecule has 0 saturated heterocycles. The molecule has 18 heavy (non-hydrogen) atoms. The summed E-state index contributed by atoms with van der Waals surface area (Å²) in [5.41, 5.74) is 7.45. The lowest BCUT2D eigenvalue weighted by molar-refractivity contribution is 0.544. The van der Waals surface area contributed by atoms with E-state index in [1.54, 1.807) is 24.4 Å². The Labute approximate surface area is 114 Å². The van der Waals surface area contributed by atoms with Gasteiger partial charge in [0.1, 0.15) is 5.82 Å². The second kappa shape index (κ2) is 5.63. The molecular formula is C13H15BrFN3. The van der Waals surface area contributed by atoms with Gasteiger partial charge in [0.25, 0.3) is 0 Å². The average Bonchev–Trinajstić information content (AvgIpc) is 2.71. The van der Waals surface area contributed by atoms with Crippen LogP contribution in [0.2, 0.25) is 0 Å². The van der Waals surface area contributed by atoms with Crippen molar-refractivity contribution in [2.75, 3.05) is 0 Å². The fraction of sp³-hybridized carbons (Fsp3) is 0.308. The molecule has 1 aromatic heterocycles. The molecule has 5 heteroatoms. The maximum absolute atomic E-state index is 13.8. The van der Waals surface area contributed by atoms with E-state index < -0.39 is 6.04 Å². The Hall–Kier alpha value is -1.20. The largest absolute Gasteiger partial charge is 0.319 e. The van der Waals surface area contributed by atoms with Gasteiger partial charge in [-0.2, -0.15) is 5.10 Å². The van der Waals surface area contributed by atoms with Crippen LogP contribution in [0.3, 0.4) is 0 Å². The van der Waals surface area contributed by atoms with E-state index in [9.17, 15) is 4.39 Å². The molecule has 0 bridgehead atoms. The third-order valence-corrected chi connectivity index (χ3v) is 3.41. The molecule has 1 unspecified atom stereocenters. The molecule has 1 heterocycles. The zero-order chi connectivity index (χ0) is 13.1. The Balaban J connectivity index is 2.42. The van der Waals surface area contributed by atoms with Crippen molar-refractivity contribution < 1.29 is 4.39 Å². The number of hydrogen-bond donors (Lipinski definition) is 1. The fourth-order valence-corrected chi connectivity index (χ4v) is 2.49. The van der Waals surface area contributed by atoms with Crippen LogP contribution in [0.15, 0.2) is 34.9 Å². The Morgan fingerprint density at radius 1 is 1.44 bits per heavy atom. The van der Waals surface area contributed by atoms with Crippen molar-refractivity contribution >= 4 is 15.9 Å². The summed E-state index contributed by atoms with van der Waals surface area (Å²) >= 11 is 3.42. The molecule has 2 rings (SSSR count). The Kier molecular flexibility index (Phi) is 4.14. The summed E-state index contributed by atoms with van der Waals surface area (Å²) in [5.74, 6) is -0.291. The van der Waals surface area contributed by atoms with Gasteiger partial charge in [0.05, 0.1) is 22.4 Å². The third-order valence-electron chi connectivity index (χ3n) is 2.80. The maximum Gasteiger partial charge on any atom is 0.128 e. The number of aryl methyl sites for hydroxylation is 1. The highest BCUT2D eigenvalue weighted by Gasteiger charge is 2.20. The molecule has 0 saturated carbocycles. The van der Waals surface area contributed by atoms with E-state index in [4.69, 9.17) is 5.73 Å². The highest BCUT2D eigenvalue weighted by molar-refractivity contribution is 9.10. The summed E-state index contributed by atoms with van der Waals surface area (Å²) < 4.78 is 16.4. The van der Waals surface area contributed by atoms with Crippen LogP contribution in [0.1, 0.15) is 30.6 Å². The molecule has 0 radical (unpaired) electrons. The summed E-state index contributed by atoms with van der Waals surface area (Å²) in [4.78, 5) is 0. The van der Waals surface area contributed by atoms with Crippen molar-refractivity contribution in [2.45, 2.75) is 25.9 Å². The van der Waals surface area contributed by atoms with E-state index in [1.807, 2.05) is 4.68 Å². The Bertz CT molecular complexity index is 539. The van der Waals surface area contributed by atoms with Crippen LogP contribution in [0, 0.1) is 5.82 Å². The molecule has 0 aliphatic rings. The van der Waals surface area contributed by atoms with E-state index in [0.717, 1.165) is 23.1 Å². The van der Waals surface area contributed by atoms with Gasteiger partial charge in [-0.15, -0.1) is 0 Å². The van der Waals surface area contributed by atoms with Gasteiger partial charge < -0.3 is 5.73 Å². The van der Waals surface area contributed by atoms with Crippen molar-refractivity contribution in [1.82, 2.24) is 9.78 Å². The molecule has 0 aliphatic heterocycles. The van der Waals surface area contributed by atoms with E-state index >= 15 is 0 Å². The first-order valence-corrected chi connectivity index (χ1v) is 6.65. The van der Waals surface area contributed by atoms with Crippen LogP contribution in [0.4, 0.5) is 4.39 Å². The van der Waals surface area contributed by atoms with Crippen molar-refractivity contribution in [3.8, 4) is 0 Å². The normalized spacial score (nSPS) is 12.7. The van der Waals surface area contributed by atoms with E-state index in [1.165, 1.54) is 6.07 Å². The van der Waals surface area contributed by atoms with Crippen LogP contribution in [0.5, 0.6) is 0 Å². The minimum atomic E-state index is -0.519. The first-order chi connectivity index (χ1) is 8.65. The minimum Gasteiger partial charge on any atom is -0.319 e. The van der Waals surface area contributed by atoms with Crippen molar-refractivity contribution in [1.29, 1.82) is 0 Å². The van der Waals surface area contributed by atoms with Gasteiger partial charge in [0.2, 0.25) is 0 Å². The van der Waals surface area contributed by atoms with Crippen LogP contribution >= 0.6 is 15.9 Å². The van der Waals surface area contributed by atoms with Crippen molar-refractivity contribution in [3.05, 3.63) is 52.0 Å². The first kappa shape index (κ1) is 13.2. The number of hydrogen-bond acceptors (Lipinski definition) is 2.